The summed E-state index contributed by atoms with van der Waals surface area (Å²) in [5.41, 5.74) is 4.99. The van der Waals surface area contributed by atoms with Crippen LogP contribution in [0.15, 0.2) is 65.1 Å². The first-order valence-corrected chi connectivity index (χ1v) is 13.0. The van der Waals surface area contributed by atoms with Crippen LogP contribution >= 0.6 is 12.2 Å². The van der Waals surface area contributed by atoms with Gasteiger partial charge in [0.05, 0.1) is 18.1 Å². The molecule has 0 bridgehead atoms. The van der Waals surface area contributed by atoms with Crippen LogP contribution in [0, 0.1) is 10.1 Å². The van der Waals surface area contributed by atoms with Crippen LogP contribution in [0.3, 0.4) is 0 Å². The molecule has 39 heavy (non-hydrogen) atoms. The highest BCUT2D eigenvalue weighted by molar-refractivity contribution is 7.80. The van der Waals surface area contributed by atoms with Crippen molar-refractivity contribution < 1.29 is 18.9 Å². The summed E-state index contributed by atoms with van der Waals surface area (Å²) in [5.74, 6) is 0.0958. The van der Waals surface area contributed by atoms with Gasteiger partial charge in [-0.05, 0) is 66.2 Å². The van der Waals surface area contributed by atoms with Gasteiger partial charge in [0.15, 0.2) is 16.6 Å². The number of ether oxygens (including phenoxy) is 1. The molecule has 10 nitrogen and oxygen atoms in total. The zero-order valence-electron chi connectivity index (χ0n) is 21.3. The number of amides is 1. The van der Waals surface area contributed by atoms with E-state index in [0.717, 1.165) is 23.1 Å². The second-order valence-corrected chi connectivity index (χ2v) is 9.51. The molecule has 0 atom stereocenters. The Labute approximate surface area is 230 Å². The SMILES string of the molecule is CCc1ccc2oc(Cc3ccc(NC(=S)NC(=O)c4ccc(N5CCOCC5)c([N+](=O)[O-])c4)cc3)nc2c1. The number of aromatic nitrogens is 1. The number of benzene rings is 3. The first-order chi connectivity index (χ1) is 18.9. The summed E-state index contributed by atoms with van der Waals surface area (Å²) in [6, 6.07) is 18.0. The van der Waals surface area contributed by atoms with Gasteiger partial charge in [-0.2, -0.15) is 0 Å². The lowest BCUT2D eigenvalue weighted by atomic mass is 10.1. The molecule has 0 saturated carbocycles. The molecule has 200 valence electrons. The van der Waals surface area contributed by atoms with Crippen LogP contribution in [0.25, 0.3) is 11.1 Å². The summed E-state index contributed by atoms with van der Waals surface area (Å²) in [7, 11) is 0. The minimum absolute atomic E-state index is 0.0818. The standard InChI is InChI=1S/C28H27N5O5S/c1-2-18-5-10-25-22(15-18)30-26(38-25)16-19-3-7-21(8-4-19)29-28(39)31-27(34)20-6-9-23(24(17-20)33(35)36)32-11-13-37-14-12-32/h3-10,15,17H,2,11-14,16H2,1H3,(H2,29,31,34,39). The van der Waals surface area contributed by atoms with Crippen LogP contribution in [0.2, 0.25) is 0 Å². The first-order valence-electron chi connectivity index (χ1n) is 12.6. The highest BCUT2D eigenvalue weighted by Gasteiger charge is 2.23. The lowest BCUT2D eigenvalue weighted by Crippen LogP contribution is -2.37. The molecule has 1 aliphatic rings. The molecule has 2 N–H and O–H groups in total. The Kier molecular flexibility index (Phi) is 7.80. The van der Waals surface area contributed by atoms with Gasteiger partial charge in [0, 0.05) is 36.8 Å². The fourth-order valence-corrected chi connectivity index (χ4v) is 4.63. The molecule has 0 spiro atoms. The van der Waals surface area contributed by atoms with Gasteiger partial charge < -0.3 is 19.4 Å². The molecule has 1 fully saturated rings. The van der Waals surface area contributed by atoms with Crippen molar-refractivity contribution in [3.05, 3.63) is 93.4 Å². The van der Waals surface area contributed by atoms with Crippen molar-refractivity contribution in [2.24, 2.45) is 0 Å². The Balaban J connectivity index is 1.20. The number of oxazole rings is 1. The number of carbonyl (C=O) groups is 1. The van der Waals surface area contributed by atoms with E-state index in [0.29, 0.717) is 50.0 Å². The summed E-state index contributed by atoms with van der Waals surface area (Å²) in [6.45, 7) is 4.19. The number of hydrogen-bond acceptors (Lipinski definition) is 8. The number of thiocarbonyl (C=S) groups is 1. The molecule has 1 amide bonds. The summed E-state index contributed by atoms with van der Waals surface area (Å²) in [6.07, 6.45) is 1.48. The first kappa shape index (κ1) is 26.3. The predicted octanol–water partition coefficient (Wildman–Crippen LogP) is 4.85. The largest absolute Gasteiger partial charge is 0.440 e. The topological polar surface area (TPSA) is 123 Å². The van der Waals surface area contributed by atoms with Gasteiger partial charge >= 0.3 is 0 Å². The van der Waals surface area contributed by atoms with Gasteiger partial charge in [-0.15, -0.1) is 0 Å². The molecule has 5 rings (SSSR count). The molecule has 0 radical (unpaired) electrons. The van der Waals surface area contributed by atoms with Gasteiger partial charge in [0.1, 0.15) is 11.2 Å². The number of nitro groups is 1. The van der Waals surface area contributed by atoms with Crippen LogP contribution < -0.4 is 15.5 Å². The van der Waals surface area contributed by atoms with Crippen molar-refractivity contribution >= 4 is 51.4 Å². The number of rotatable bonds is 7. The quantitative estimate of drug-likeness (QED) is 0.191. The zero-order valence-corrected chi connectivity index (χ0v) is 22.1. The van der Waals surface area contributed by atoms with E-state index < -0.39 is 10.8 Å². The Morgan fingerprint density at radius 3 is 2.54 bits per heavy atom. The number of aryl methyl sites for hydroxylation is 1. The number of carbonyl (C=O) groups excluding carboxylic acids is 1. The zero-order chi connectivity index (χ0) is 27.4. The van der Waals surface area contributed by atoms with E-state index in [1.165, 1.54) is 11.6 Å². The fourth-order valence-electron chi connectivity index (χ4n) is 4.42. The van der Waals surface area contributed by atoms with Crippen molar-refractivity contribution in [3.8, 4) is 0 Å². The van der Waals surface area contributed by atoms with Crippen LogP contribution in [-0.4, -0.2) is 47.2 Å². The molecule has 11 heteroatoms. The molecule has 2 heterocycles. The molecule has 0 unspecified atom stereocenters. The maximum absolute atomic E-state index is 12.8. The van der Waals surface area contributed by atoms with Gasteiger partial charge in [0.2, 0.25) is 0 Å². The van der Waals surface area contributed by atoms with Gasteiger partial charge in [-0.1, -0.05) is 25.1 Å². The molecule has 0 aliphatic carbocycles. The van der Waals surface area contributed by atoms with E-state index in [4.69, 9.17) is 21.4 Å². The number of anilines is 2. The van der Waals surface area contributed by atoms with Crippen molar-refractivity contribution in [2.45, 2.75) is 19.8 Å². The number of nitrogens with zero attached hydrogens (tertiary/aromatic N) is 3. The van der Waals surface area contributed by atoms with Crippen LogP contribution in [0.5, 0.6) is 0 Å². The van der Waals surface area contributed by atoms with Crippen molar-refractivity contribution in [2.75, 3.05) is 36.5 Å². The van der Waals surface area contributed by atoms with E-state index in [9.17, 15) is 14.9 Å². The Hall–Kier alpha value is -4.35. The minimum Gasteiger partial charge on any atom is -0.440 e. The second kappa shape index (κ2) is 11.6. The third-order valence-electron chi connectivity index (χ3n) is 6.48. The number of nitrogens with one attached hydrogen (secondary N) is 2. The normalized spacial score (nSPS) is 13.3. The van der Waals surface area contributed by atoms with Crippen LogP contribution in [-0.2, 0) is 17.6 Å². The number of morpholine rings is 1. The van der Waals surface area contributed by atoms with Crippen molar-refractivity contribution in [1.82, 2.24) is 10.3 Å². The van der Waals surface area contributed by atoms with Gasteiger partial charge in [-0.3, -0.25) is 20.2 Å². The second-order valence-electron chi connectivity index (χ2n) is 9.11. The molecule has 3 aromatic carbocycles. The summed E-state index contributed by atoms with van der Waals surface area (Å²) in [5, 5.41) is 17.3. The third-order valence-corrected chi connectivity index (χ3v) is 6.69. The highest BCUT2D eigenvalue weighted by Crippen LogP contribution is 2.30. The van der Waals surface area contributed by atoms with E-state index in [2.05, 4.69) is 22.5 Å². The molecule has 1 aromatic heterocycles. The van der Waals surface area contributed by atoms with Crippen molar-refractivity contribution in [1.29, 1.82) is 0 Å². The minimum atomic E-state index is -0.539. The summed E-state index contributed by atoms with van der Waals surface area (Å²) >= 11 is 5.30. The maximum Gasteiger partial charge on any atom is 0.293 e. The predicted molar refractivity (Wildman–Crippen MR) is 152 cm³/mol. The molecular formula is C28H27N5O5S. The monoisotopic (exact) mass is 545 g/mol. The van der Waals surface area contributed by atoms with Crippen LogP contribution in [0.4, 0.5) is 17.1 Å². The number of hydrogen-bond donors (Lipinski definition) is 2. The lowest BCUT2D eigenvalue weighted by Gasteiger charge is -2.28. The fraction of sp³-hybridized carbons (Fsp3) is 0.250. The molecule has 4 aromatic rings. The molecular weight excluding hydrogens is 518 g/mol. The van der Waals surface area contributed by atoms with E-state index in [-0.39, 0.29) is 16.4 Å². The summed E-state index contributed by atoms with van der Waals surface area (Å²) < 4.78 is 11.2. The van der Waals surface area contributed by atoms with Crippen LogP contribution in [0.1, 0.15) is 34.3 Å². The average molecular weight is 546 g/mol. The smallest absolute Gasteiger partial charge is 0.293 e. The summed E-state index contributed by atoms with van der Waals surface area (Å²) in [4.78, 5) is 30.4. The molecule has 1 saturated heterocycles. The van der Waals surface area contributed by atoms with E-state index in [1.807, 2.05) is 47.4 Å². The average Bonchev–Trinajstić information content (AvgIpc) is 3.35. The van der Waals surface area contributed by atoms with Crippen molar-refractivity contribution in [3.63, 3.8) is 0 Å². The van der Waals surface area contributed by atoms with Gasteiger partial charge in [-0.25, -0.2) is 4.98 Å². The molecule has 1 aliphatic heterocycles. The number of nitro benzene ring substituents is 1. The Morgan fingerprint density at radius 2 is 1.82 bits per heavy atom. The lowest BCUT2D eigenvalue weighted by molar-refractivity contribution is -0.384. The third kappa shape index (κ3) is 6.21. The van der Waals surface area contributed by atoms with E-state index >= 15 is 0 Å². The van der Waals surface area contributed by atoms with Gasteiger partial charge in [0.25, 0.3) is 11.6 Å². The maximum atomic E-state index is 12.8. The van der Waals surface area contributed by atoms with E-state index in [1.54, 1.807) is 12.1 Å². The Bertz CT molecular complexity index is 1530. The number of fused-ring (bicyclic) bond motifs is 1. The Morgan fingerprint density at radius 1 is 1.08 bits per heavy atom. The highest BCUT2D eigenvalue weighted by atomic mass is 32.1.